The maximum absolute atomic E-state index is 12.1. The van der Waals surface area contributed by atoms with Gasteiger partial charge in [0.1, 0.15) is 6.04 Å². The predicted octanol–water partition coefficient (Wildman–Crippen LogP) is -1.21. The average Bonchev–Trinajstić information content (AvgIpc) is 2.68. The molecule has 1 rings (SSSR count). The molecule has 102 valence electrons. The molecule has 1 heterocycles. The van der Waals surface area contributed by atoms with Crippen molar-refractivity contribution in [3.63, 3.8) is 0 Å². The molecule has 1 fully saturated rings. The second-order valence-electron chi connectivity index (χ2n) is 4.71. The van der Waals surface area contributed by atoms with E-state index in [0.29, 0.717) is 0 Å². The van der Waals surface area contributed by atoms with Crippen LogP contribution in [0.15, 0.2) is 0 Å². The van der Waals surface area contributed by atoms with Crippen LogP contribution in [0.3, 0.4) is 0 Å². The van der Waals surface area contributed by atoms with E-state index in [-0.39, 0.29) is 13.0 Å². The fourth-order valence-corrected chi connectivity index (χ4v) is 2.02. The van der Waals surface area contributed by atoms with Gasteiger partial charge in [-0.15, -0.1) is 0 Å². The largest absolute Gasteiger partial charge is 0.481 e. The zero-order valence-corrected chi connectivity index (χ0v) is 10.4. The fraction of sp³-hybridized carbons (Fsp3) is 0.727. The molecule has 1 saturated heterocycles. The number of nitrogens with two attached hydrogens (primary N) is 1. The molecule has 18 heavy (non-hydrogen) atoms. The monoisotopic (exact) mass is 258 g/mol. The van der Waals surface area contributed by atoms with Crippen LogP contribution in [-0.2, 0) is 14.4 Å². The van der Waals surface area contributed by atoms with Crippen LogP contribution in [0.1, 0.15) is 20.3 Å². The number of amides is 2. The Morgan fingerprint density at radius 1 is 1.28 bits per heavy atom. The van der Waals surface area contributed by atoms with E-state index in [4.69, 9.17) is 10.8 Å². The Kier molecular flexibility index (Phi) is 4.28. The zero-order valence-electron chi connectivity index (χ0n) is 10.4. The molecule has 0 aromatic heterocycles. The molecule has 4 N–H and O–H groups in total. The predicted molar refractivity (Wildman–Crippen MR) is 61.3 cm³/mol. The number of primary amides is 1. The van der Waals surface area contributed by atoms with Gasteiger partial charge >= 0.3 is 5.97 Å². The number of aliphatic carboxylic acids is 1. The standard InChI is InChI=1S/C11H18N2O5/c1-5(6(2)11(17)18)10(16)13-4-7(14)3-8(13)9(12)15/h5-8,14H,3-4H2,1-2H3,(H2,12,15)(H,17,18). The van der Waals surface area contributed by atoms with Gasteiger partial charge in [-0.25, -0.2) is 0 Å². The number of carboxylic acid groups (broad SMARTS) is 1. The molecule has 4 atom stereocenters. The summed E-state index contributed by atoms with van der Waals surface area (Å²) in [6.45, 7) is 2.93. The molecule has 1 aliphatic rings. The van der Waals surface area contributed by atoms with E-state index < -0.39 is 41.8 Å². The third kappa shape index (κ3) is 2.79. The summed E-state index contributed by atoms with van der Waals surface area (Å²) in [5.41, 5.74) is 5.16. The Morgan fingerprint density at radius 2 is 1.83 bits per heavy atom. The van der Waals surface area contributed by atoms with Crippen LogP contribution < -0.4 is 5.73 Å². The van der Waals surface area contributed by atoms with Gasteiger partial charge in [-0.05, 0) is 0 Å². The Hall–Kier alpha value is -1.63. The third-order valence-corrected chi connectivity index (χ3v) is 3.42. The lowest BCUT2D eigenvalue weighted by atomic mass is 9.94. The van der Waals surface area contributed by atoms with Crippen molar-refractivity contribution in [3.8, 4) is 0 Å². The summed E-state index contributed by atoms with van der Waals surface area (Å²) in [7, 11) is 0. The van der Waals surface area contributed by atoms with Crippen molar-refractivity contribution in [1.82, 2.24) is 4.90 Å². The van der Waals surface area contributed by atoms with Crippen LogP contribution >= 0.6 is 0 Å². The Labute approximate surface area is 105 Å². The second kappa shape index (κ2) is 5.34. The molecule has 0 saturated carbocycles. The Bertz CT molecular complexity index is 370. The summed E-state index contributed by atoms with van der Waals surface area (Å²) in [5, 5.41) is 18.3. The maximum atomic E-state index is 12.1. The molecule has 2 amide bonds. The molecule has 0 aromatic carbocycles. The van der Waals surface area contributed by atoms with E-state index in [0.717, 1.165) is 0 Å². The van der Waals surface area contributed by atoms with Crippen molar-refractivity contribution >= 4 is 17.8 Å². The van der Waals surface area contributed by atoms with Gasteiger partial charge in [-0.3, -0.25) is 14.4 Å². The minimum absolute atomic E-state index is 0.0170. The summed E-state index contributed by atoms with van der Waals surface area (Å²) in [6.07, 6.45) is -0.686. The van der Waals surface area contributed by atoms with E-state index in [1.54, 1.807) is 0 Å². The van der Waals surface area contributed by atoms with Crippen molar-refractivity contribution in [2.24, 2.45) is 17.6 Å². The normalized spacial score (nSPS) is 26.7. The first kappa shape index (κ1) is 14.4. The molecule has 0 spiro atoms. The minimum atomic E-state index is -1.08. The summed E-state index contributed by atoms with van der Waals surface area (Å²) in [5.74, 6) is -3.86. The number of hydrogen-bond donors (Lipinski definition) is 3. The first-order chi connectivity index (χ1) is 8.25. The van der Waals surface area contributed by atoms with Gasteiger partial charge in [0.15, 0.2) is 0 Å². The van der Waals surface area contributed by atoms with Crippen molar-refractivity contribution < 1.29 is 24.6 Å². The third-order valence-electron chi connectivity index (χ3n) is 3.42. The number of carboxylic acids is 1. The SMILES string of the molecule is CC(C(=O)O)C(C)C(=O)N1CC(O)CC1C(N)=O. The van der Waals surface area contributed by atoms with Crippen LogP contribution in [0.2, 0.25) is 0 Å². The number of β-amino-alcohol motifs (C(OH)–C–C–N with tert-alkyl or cyclic N) is 1. The highest BCUT2D eigenvalue weighted by Gasteiger charge is 2.41. The van der Waals surface area contributed by atoms with Crippen LogP contribution in [0.5, 0.6) is 0 Å². The fourth-order valence-electron chi connectivity index (χ4n) is 2.02. The quantitative estimate of drug-likeness (QED) is 0.584. The smallest absolute Gasteiger partial charge is 0.307 e. The van der Waals surface area contributed by atoms with Gasteiger partial charge in [-0.1, -0.05) is 13.8 Å². The Balaban J connectivity index is 2.82. The molecular formula is C11H18N2O5. The summed E-state index contributed by atoms with van der Waals surface area (Å²) < 4.78 is 0. The Morgan fingerprint density at radius 3 is 2.28 bits per heavy atom. The van der Waals surface area contributed by atoms with Crippen LogP contribution in [-0.4, -0.2) is 51.6 Å². The van der Waals surface area contributed by atoms with Crippen LogP contribution in [0.4, 0.5) is 0 Å². The number of aliphatic hydroxyl groups excluding tert-OH is 1. The van der Waals surface area contributed by atoms with Crippen molar-refractivity contribution in [3.05, 3.63) is 0 Å². The van der Waals surface area contributed by atoms with E-state index >= 15 is 0 Å². The number of likely N-dealkylation sites (tertiary alicyclic amines) is 1. The molecular weight excluding hydrogens is 240 g/mol. The molecule has 0 radical (unpaired) electrons. The van der Waals surface area contributed by atoms with Gasteiger partial charge in [-0.2, -0.15) is 0 Å². The molecule has 0 aromatic rings. The second-order valence-corrected chi connectivity index (χ2v) is 4.71. The zero-order chi connectivity index (χ0) is 14.0. The number of rotatable bonds is 4. The molecule has 1 aliphatic heterocycles. The first-order valence-corrected chi connectivity index (χ1v) is 5.76. The maximum Gasteiger partial charge on any atom is 0.307 e. The lowest BCUT2D eigenvalue weighted by Crippen LogP contribution is -2.47. The van der Waals surface area contributed by atoms with Gasteiger partial charge in [0.2, 0.25) is 11.8 Å². The highest BCUT2D eigenvalue weighted by Crippen LogP contribution is 2.23. The first-order valence-electron chi connectivity index (χ1n) is 5.76. The summed E-state index contributed by atoms with van der Waals surface area (Å²) in [4.78, 5) is 35.3. The van der Waals surface area contributed by atoms with Crippen molar-refractivity contribution in [2.45, 2.75) is 32.4 Å². The van der Waals surface area contributed by atoms with Gasteiger partial charge < -0.3 is 20.8 Å². The van der Waals surface area contributed by atoms with Gasteiger partial charge in [0.05, 0.1) is 12.0 Å². The molecule has 0 aliphatic carbocycles. The topological polar surface area (TPSA) is 121 Å². The van der Waals surface area contributed by atoms with E-state index in [1.165, 1.54) is 18.7 Å². The highest BCUT2D eigenvalue weighted by atomic mass is 16.4. The van der Waals surface area contributed by atoms with Crippen LogP contribution in [0.25, 0.3) is 0 Å². The van der Waals surface area contributed by atoms with Crippen LogP contribution in [0, 0.1) is 11.8 Å². The van der Waals surface area contributed by atoms with E-state index in [2.05, 4.69) is 0 Å². The molecule has 0 bridgehead atoms. The molecule has 7 nitrogen and oxygen atoms in total. The lowest BCUT2D eigenvalue weighted by Gasteiger charge is -2.26. The number of carbonyl (C=O) groups is 3. The number of carbonyl (C=O) groups excluding carboxylic acids is 2. The number of nitrogens with zero attached hydrogens (tertiary/aromatic N) is 1. The average molecular weight is 258 g/mol. The summed E-state index contributed by atoms with van der Waals surface area (Å²) >= 11 is 0. The van der Waals surface area contributed by atoms with Crippen molar-refractivity contribution in [1.29, 1.82) is 0 Å². The van der Waals surface area contributed by atoms with E-state index in [1.807, 2.05) is 0 Å². The molecule has 7 heteroatoms. The van der Waals surface area contributed by atoms with Crippen molar-refractivity contribution in [2.75, 3.05) is 6.54 Å². The number of hydrogen-bond acceptors (Lipinski definition) is 4. The molecule has 4 unspecified atom stereocenters. The minimum Gasteiger partial charge on any atom is -0.481 e. The van der Waals surface area contributed by atoms with Gasteiger partial charge in [0, 0.05) is 18.9 Å². The van der Waals surface area contributed by atoms with E-state index in [9.17, 15) is 19.5 Å². The van der Waals surface area contributed by atoms with Gasteiger partial charge in [0.25, 0.3) is 0 Å². The highest BCUT2D eigenvalue weighted by molar-refractivity contribution is 5.90. The lowest BCUT2D eigenvalue weighted by molar-refractivity contribution is -0.150. The summed E-state index contributed by atoms with van der Waals surface area (Å²) in [6, 6.07) is -0.851. The number of aliphatic hydroxyl groups is 1.